The molecule has 7 heteroatoms. The molecule has 0 atom stereocenters. The molecule has 0 aliphatic rings. The predicted octanol–water partition coefficient (Wildman–Crippen LogP) is 3.32. The highest BCUT2D eigenvalue weighted by Crippen LogP contribution is 2.29. The topological polar surface area (TPSA) is 94.9 Å². The second kappa shape index (κ2) is 10.5. The van der Waals surface area contributed by atoms with Crippen molar-refractivity contribution in [1.82, 2.24) is 0 Å². The molecule has 0 heterocycles. The second-order valence-electron chi connectivity index (χ2n) is 5.83. The van der Waals surface area contributed by atoms with Gasteiger partial charge in [-0.3, -0.25) is 0 Å². The molecule has 0 bridgehead atoms. The maximum absolute atomic E-state index is 12.1. The largest absolute Gasteiger partial charge is 0.493 e. The van der Waals surface area contributed by atoms with Crippen molar-refractivity contribution >= 4 is 18.0 Å². The van der Waals surface area contributed by atoms with Gasteiger partial charge >= 0.3 is 11.9 Å². The Kier molecular flexibility index (Phi) is 7.80. The number of ether oxygens (including phenoxy) is 4. The van der Waals surface area contributed by atoms with E-state index < -0.39 is 11.9 Å². The smallest absolute Gasteiger partial charge is 0.349 e. The Morgan fingerprint density at radius 2 is 1.79 bits per heavy atom. The van der Waals surface area contributed by atoms with E-state index in [-0.39, 0.29) is 23.7 Å². The van der Waals surface area contributed by atoms with Crippen LogP contribution in [0.25, 0.3) is 6.08 Å². The van der Waals surface area contributed by atoms with Crippen molar-refractivity contribution in [3.05, 3.63) is 59.2 Å². The first-order chi connectivity index (χ1) is 14.0. The number of carbonyl (C=O) groups excluding carboxylic acids is 2. The molecule has 2 aromatic rings. The molecular formula is C22H21NO6. The molecule has 150 valence electrons. The molecule has 0 amide bonds. The monoisotopic (exact) mass is 395 g/mol. The van der Waals surface area contributed by atoms with E-state index in [9.17, 15) is 9.59 Å². The van der Waals surface area contributed by atoms with E-state index in [4.69, 9.17) is 19.5 Å². The zero-order valence-electron chi connectivity index (χ0n) is 16.4. The minimum atomic E-state index is -0.744. The summed E-state index contributed by atoms with van der Waals surface area (Å²) >= 11 is 0. The van der Waals surface area contributed by atoms with E-state index in [1.807, 2.05) is 12.1 Å². The van der Waals surface area contributed by atoms with Gasteiger partial charge in [-0.15, -0.1) is 0 Å². The molecule has 2 aromatic carbocycles. The molecule has 0 aromatic heterocycles. The Morgan fingerprint density at radius 3 is 2.38 bits per heavy atom. The molecular weight excluding hydrogens is 374 g/mol. The standard InChI is InChI=1S/C22H21NO6/c1-4-15-5-8-18(9-6-15)28-14-21(24)29-19-10-7-16(12-20(19)26-2)11-17(13-23)22(25)27-3/h5-12H,4,14H2,1-3H3/b17-11+. The minimum Gasteiger partial charge on any atom is -0.493 e. The molecule has 0 radical (unpaired) electrons. The zero-order valence-corrected chi connectivity index (χ0v) is 16.4. The van der Waals surface area contributed by atoms with Crippen LogP contribution in [0.1, 0.15) is 18.1 Å². The number of benzene rings is 2. The zero-order chi connectivity index (χ0) is 21.2. The fourth-order valence-corrected chi connectivity index (χ4v) is 2.39. The SMILES string of the molecule is CCc1ccc(OCC(=O)Oc2ccc(/C=C(\C#N)C(=O)OC)cc2OC)cc1. The quantitative estimate of drug-likeness (QED) is 0.293. The molecule has 29 heavy (non-hydrogen) atoms. The molecule has 0 spiro atoms. The van der Waals surface area contributed by atoms with E-state index in [0.29, 0.717) is 11.3 Å². The molecule has 0 aliphatic heterocycles. The van der Waals surface area contributed by atoms with Crippen LogP contribution in [0.4, 0.5) is 0 Å². The van der Waals surface area contributed by atoms with Crippen LogP contribution in [0.15, 0.2) is 48.0 Å². The van der Waals surface area contributed by atoms with Crippen molar-refractivity contribution in [3.8, 4) is 23.3 Å². The van der Waals surface area contributed by atoms with E-state index >= 15 is 0 Å². The molecule has 0 N–H and O–H groups in total. The maximum atomic E-state index is 12.1. The van der Waals surface area contributed by atoms with Crippen molar-refractivity contribution in [3.63, 3.8) is 0 Å². The highest BCUT2D eigenvalue weighted by molar-refractivity contribution is 5.97. The number of rotatable bonds is 8. The number of nitrogens with zero attached hydrogens (tertiary/aromatic N) is 1. The summed E-state index contributed by atoms with van der Waals surface area (Å²) in [4.78, 5) is 23.6. The number of carbonyl (C=O) groups is 2. The van der Waals surface area contributed by atoms with Crippen molar-refractivity contribution in [2.75, 3.05) is 20.8 Å². The summed E-state index contributed by atoms with van der Waals surface area (Å²) in [5.74, 6) is -0.319. The van der Waals surface area contributed by atoms with Crippen LogP contribution in [0.2, 0.25) is 0 Å². The molecule has 0 unspecified atom stereocenters. The number of hydrogen-bond acceptors (Lipinski definition) is 7. The van der Waals surface area contributed by atoms with Crippen LogP contribution in [0.3, 0.4) is 0 Å². The summed E-state index contributed by atoms with van der Waals surface area (Å²) in [6.07, 6.45) is 2.27. The average Bonchev–Trinajstić information content (AvgIpc) is 2.76. The first-order valence-corrected chi connectivity index (χ1v) is 8.81. The Balaban J connectivity index is 2.06. The fraction of sp³-hybridized carbons (Fsp3) is 0.227. The van der Waals surface area contributed by atoms with Gasteiger partial charge < -0.3 is 18.9 Å². The Morgan fingerprint density at radius 1 is 1.07 bits per heavy atom. The number of hydrogen-bond donors (Lipinski definition) is 0. The lowest BCUT2D eigenvalue weighted by molar-refractivity contribution is -0.137. The third kappa shape index (κ3) is 6.11. The molecule has 2 rings (SSSR count). The normalized spacial score (nSPS) is 10.6. The van der Waals surface area contributed by atoms with E-state index in [1.165, 1.54) is 38.0 Å². The highest BCUT2D eigenvalue weighted by atomic mass is 16.6. The lowest BCUT2D eigenvalue weighted by Crippen LogP contribution is -2.18. The minimum absolute atomic E-state index is 0.165. The first kappa shape index (κ1) is 21.5. The molecule has 0 saturated heterocycles. The van der Waals surface area contributed by atoms with Crippen molar-refractivity contribution < 1.29 is 28.5 Å². The van der Waals surface area contributed by atoms with Gasteiger partial charge in [0, 0.05) is 0 Å². The Hall–Kier alpha value is -3.79. The van der Waals surface area contributed by atoms with Gasteiger partial charge in [-0.25, -0.2) is 9.59 Å². The van der Waals surface area contributed by atoms with Gasteiger partial charge in [0.25, 0.3) is 0 Å². The van der Waals surface area contributed by atoms with E-state index in [0.717, 1.165) is 6.42 Å². The van der Waals surface area contributed by atoms with Crippen LogP contribution in [0.5, 0.6) is 17.2 Å². The van der Waals surface area contributed by atoms with Gasteiger partial charge in [0.05, 0.1) is 14.2 Å². The van der Waals surface area contributed by atoms with Crippen LogP contribution >= 0.6 is 0 Å². The van der Waals surface area contributed by atoms with Gasteiger partial charge in [0.1, 0.15) is 17.4 Å². The third-order valence-electron chi connectivity index (χ3n) is 3.94. The van der Waals surface area contributed by atoms with E-state index in [1.54, 1.807) is 24.3 Å². The maximum Gasteiger partial charge on any atom is 0.349 e. The molecule has 0 saturated carbocycles. The van der Waals surface area contributed by atoms with Gasteiger partial charge in [-0.05, 0) is 47.9 Å². The van der Waals surface area contributed by atoms with Crippen molar-refractivity contribution in [2.45, 2.75) is 13.3 Å². The van der Waals surface area contributed by atoms with Gasteiger partial charge in [-0.1, -0.05) is 25.1 Å². The Labute approximate surface area is 169 Å². The second-order valence-corrected chi connectivity index (χ2v) is 5.83. The average molecular weight is 395 g/mol. The van der Waals surface area contributed by atoms with Gasteiger partial charge in [-0.2, -0.15) is 5.26 Å². The molecule has 0 fully saturated rings. The fourth-order valence-electron chi connectivity index (χ4n) is 2.39. The summed E-state index contributed by atoms with van der Waals surface area (Å²) in [7, 11) is 2.61. The van der Waals surface area contributed by atoms with Crippen LogP contribution in [-0.4, -0.2) is 32.8 Å². The molecule has 0 aliphatic carbocycles. The molecule has 7 nitrogen and oxygen atoms in total. The first-order valence-electron chi connectivity index (χ1n) is 8.81. The summed E-state index contributed by atoms with van der Waals surface area (Å²) in [5.41, 5.74) is 1.52. The van der Waals surface area contributed by atoms with Crippen molar-refractivity contribution in [2.24, 2.45) is 0 Å². The predicted molar refractivity (Wildman–Crippen MR) is 106 cm³/mol. The Bertz CT molecular complexity index is 941. The van der Waals surface area contributed by atoms with Crippen molar-refractivity contribution in [1.29, 1.82) is 5.26 Å². The van der Waals surface area contributed by atoms with Gasteiger partial charge in [0.2, 0.25) is 0 Å². The number of aryl methyl sites for hydroxylation is 1. The number of nitriles is 1. The van der Waals surface area contributed by atoms with Crippen LogP contribution in [0, 0.1) is 11.3 Å². The van der Waals surface area contributed by atoms with E-state index in [2.05, 4.69) is 11.7 Å². The lowest BCUT2D eigenvalue weighted by atomic mass is 10.1. The van der Waals surface area contributed by atoms with Gasteiger partial charge in [0.15, 0.2) is 18.1 Å². The van der Waals surface area contributed by atoms with Crippen LogP contribution in [-0.2, 0) is 20.7 Å². The lowest BCUT2D eigenvalue weighted by Gasteiger charge is -2.11. The third-order valence-corrected chi connectivity index (χ3v) is 3.94. The highest BCUT2D eigenvalue weighted by Gasteiger charge is 2.13. The summed E-state index contributed by atoms with van der Waals surface area (Å²) in [5, 5.41) is 9.04. The summed E-state index contributed by atoms with van der Waals surface area (Å²) < 4.78 is 20.5. The summed E-state index contributed by atoms with van der Waals surface area (Å²) in [6, 6.07) is 13.8. The number of methoxy groups -OCH3 is 2. The number of esters is 2. The summed E-state index contributed by atoms with van der Waals surface area (Å²) in [6.45, 7) is 1.79. The van der Waals surface area contributed by atoms with Crippen LogP contribution < -0.4 is 14.2 Å².